The number of hydrogen-bond donors (Lipinski definition) is 0. The van der Waals surface area contributed by atoms with Crippen LogP contribution in [0.2, 0.25) is 0 Å². The van der Waals surface area contributed by atoms with E-state index in [1.165, 1.54) is 28.8 Å². The van der Waals surface area contributed by atoms with Gasteiger partial charge in [-0.15, -0.1) is 11.3 Å². The van der Waals surface area contributed by atoms with Gasteiger partial charge in [-0.05, 0) is 17.9 Å². The molecule has 1 saturated heterocycles. The average molecular weight is 374 g/mol. The molecule has 0 aliphatic carbocycles. The molecule has 1 aliphatic rings. The second kappa shape index (κ2) is 6.56. The van der Waals surface area contributed by atoms with Crippen molar-refractivity contribution in [3.8, 4) is 5.19 Å². The van der Waals surface area contributed by atoms with Crippen LogP contribution in [0.25, 0.3) is 0 Å². The lowest BCUT2D eigenvalue weighted by atomic mass is 10.3. The molecule has 10 heteroatoms. The summed E-state index contributed by atoms with van der Waals surface area (Å²) in [6, 6.07) is 1.43. The van der Waals surface area contributed by atoms with Gasteiger partial charge < -0.3 is 9.47 Å². The summed E-state index contributed by atoms with van der Waals surface area (Å²) in [7, 11) is -2.52. The molecule has 0 N–H and O–H groups in total. The van der Waals surface area contributed by atoms with Crippen molar-refractivity contribution in [2.24, 2.45) is 0 Å². The van der Waals surface area contributed by atoms with Gasteiger partial charge in [0, 0.05) is 18.1 Å². The maximum atomic E-state index is 12.7. The van der Waals surface area contributed by atoms with Gasteiger partial charge in [-0.1, -0.05) is 11.3 Å². The molecule has 7 nitrogen and oxygen atoms in total. The highest BCUT2D eigenvalue weighted by Gasteiger charge is 2.36. The molecule has 0 amide bonds. The van der Waals surface area contributed by atoms with E-state index in [0.717, 1.165) is 11.3 Å². The first-order valence-corrected chi connectivity index (χ1v) is 9.94. The minimum absolute atomic E-state index is 0.00995. The first kappa shape index (κ1) is 16.4. The minimum atomic E-state index is -3.75. The number of thiophene rings is 1. The maximum Gasteiger partial charge on any atom is 0.349 e. The number of nitrogens with zero attached hydrogens (tertiary/aromatic N) is 2. The second-order valence-electron chi connectivity index (χ2n) is 4.80. The van der Waals surface area contributed by atoms with Crippen molar-refractivity contribution >= 4 is 38.7 Å². The van der Waals surface area contributed by atoms with E-state index in [1.807, 2.05) is 0 Å². The van der Waals surface area contributed by atoms with Crippen LogP contribution in [0.15, 0.2) is 27.9 Å². The Labute approximate surface area is 141 Å². The molecule has 1 atom stereocenters. The molecule has 3 rings (SSSR count). The standard InChI is InChI=1S/C13H14N2O5S3/c1-19-12(16)11-10(3-6-21-11)23(17,18)15-5-2-9(8-15)20-13-14-4-7-22-13/h3-4,6-7,9H,2,5,8H2,1H3. The Morgan fingerprint density at radius 1 is 1.39 bits per heavy atom. The zero-order valence-corrected chi connectivity index (χ0v) is 14.6. The topological polar surface area (TPSA) is 85.8 Å². The van der Waals surface area contributed by atoms with Gasteiger partial charge in [-0.2, -0.15) is 4.31 Å². The predicted molar refractivity (Wildman–Crippen MR) is 85.6 cm³/mol. The predicted octanol–water partition coefficient (Wildman–Crippen LogP) is 1.83. The summed E-state index contributed by atoms with van der Waals surface area (Å²) < 4.78 is 37.1. The zero-order valence-electron chi connectivity index (χ0n) is 12.2. The van der Waals surface area contributed by atoms with Crippen molar-refractivity contribution in [1.29, 1.82) is 0 Å². The van der Waals surface area contributed by atoms with Gasteiger partial charge in [0.1, 0.15) is 15.9 Å². The maximum absolute atomic E-state index is 12.7. The number of thiazole rings is 1. The number of hydrogen-bond acceptors (Lipinski definition) is 8. The van der Waals surface area contributed by atoms with Crippen LogP contribution in [0.3, 0.4) is 0 Å². The first-order valence-electron chi connectivity index (χ1n) is 6.74. The number of aromatic nitrogens is 1. The van der Waals surface area contributed by atoms with Gasteiger partial charge in [-0.3, -0.25) is 0 Å². The van der Waals surface area contributed by atoms with Crippen LogP contribution in [0.4, 0.5) is 0 Å². The fourth-order valence-corrected chi connectivity index (χ4v) is 5.65. The Bertz CT molecular complexity index is 784. The van der Waals surface area contributed by atoms with Crippen LogP contribution in [-0.4, -0.2) is 50.0 Å². The molecule has 1 aliphatic heterocycles. The number of ether oxygens (including phenoxy) is 2. The van der Waals surface area contributed by atoms with Crippen molar-refractivity contribution in [3.63, 3.8) is 0 Å². The molecule has 2 aromatic rings. The Kier molecular flexibility index (Phi) is 4.67. The molecular weight excluding hydrogens is 360 g/mol. The van der Waals surface area contributed by atoms with Crippen LogP contribution in [0, 0.1) is 0 Å². The largest absolute Gasteiger partial charge is 0.465 e. The van der Waals surface area contributed by atoms with Gasteiger partial charge in [-0.25, -0.2) is 18.2 Å². The number of sulfonamides is 1. The van der Waals surface area contributed by atoms with Crippen LogP contribution in [-0.2, 0) is 14.8 Å². The SMILES string of the molecule is COC(=O)c1sccc1S(=O)(=O)N1CCC(Oc2nccs2)C1. The highest BCUT2D eigenvalue weighted by atomic mass is 32.2. The molecule has 0 aromatic carbocycles. The molecule has 2 aromatic heterocycles. The van der Waals surface area contributed by atoms with Crippen molar-refractivity contribution < 1.29 is 22.7 Å². The van der Waals surface area contributed by atoms with Crippen molar-refractivity contribution in [2.45, 2.75) is 17.4 Å². The summed E-state index contributed by atoms with van der Waals surface area (Å²) >= 11 is 2.42. The third kappa shape index (κ3) is 3.25. The van der Waals surface area contributed by atoms with E-state index in [1.54, 1.807) is 17.0 Å². The van der Waals surface area contributed by atoms with Gasteiger partial charge in [0.05, 0.1) is 13.7 Å². The fraction of sp³-hybridized carbons (Fsp3) is 0.385. The smallest absolute Gasteiger partial charge is 0.349 e. The molecule has 3 heterocycles. The Morgan fingerprint density at radius 2 is 2.22 bits per heavy atom. The summed E-state index contributed by atoms with van der Waals surface area (Å²) in [6.45, 7) is 0.577. The second-order valence-corrected chi connectivity index (χ2v) is 8.47. The minimum Gasteiger partial charge on any atom is -0.465 e. The Morgan fingerprint density at radius 3 is 2.91 bits per heavy atom. The van der Waals surface area contributed by atoms with Gasteiger partial charge in [0.25, 0.3) is 5.19 Å². The first-order chi connectivity index (χ1) is 11.0. The van der Waals surface area contributed by atoms with E-state index in [9.17, 15) is 13.2 Å². The van der Waals surface area contributed by atoms with Gasteiger partial charge >= 0.3 is 5.97 Å². The monoisotopic (exact) mass is 374 g/mol. The van der Waals surface area contributed by atoms with E-state index in [4.69, 9.17) is 4.74 Å². The Balaban J connectivity index is 1.76. The number of carbonyl (C=O) groups excluding carboxylic acids is 1. The fourth-order valence-electron chi connectivity index (χ4n) is 2.30. The van der Waals surface area contributed by atoms with Crippen molar-refractivity contribution in [1.82, 2.24) is 9.29 Å². The van der Waals surface area contributed by atoms with E-state index in [-0.39, 0.29) is 22.4 Å². The van der Waals surface area contributed by atoms with Gasteiger partial charge in [0.2, 0.25) is 10.0 Å². The quantitative estimate of drug-likeness (QED) is 0.742. The number of carbonyl (C=O) groups is 1. The van der Waals surface area contributed by atoms with E-state index in [0.29, 0.717) is 18.2 Å². The molecule has 0 spiro atoms. The molecule has 0 radical (unpaired) electrons. The van der Waals surface area contributed by atoms with E-state index >= 15 is 0 Å². The summed E-state index contributed by atoms with van der Waals surface area (Å²) in [6.07, 6.45) is 1.98. The van der Waals surface area contributed by atoms with Crippen LogP contribution >= 0.6 is 22.7 Å². The number of rotatable bonds is 5. The summed E-state index contributed by atoms with van der Waals surface area (Å²) in [5.74, 6) is -0.645. The molecule has 0 saturated carbocycles. The summed E-state index contributed by atoms with van der Waals surface area (Å²) in [4.78, 5) is 15.8. The number of esters is 1. The zero-order chi connectivity index (χ0) is 16.4. The molecule has 1 fully saturated rings. The van der Waals surface area contributed by atoms with E-state index < -0.39 is 16.0 Å². The van der Waals surface area contributed by atoms with Crippen LogP contribution in [0.1, 0.15) is 16.1 Å². The summed E-state index contributed by atoms with van der Waals surface area (Å²) in [5.41, 5.74) is 0. The summed E-state index contributed by atoms with van der Waals surface area (Å²) in [5, 5.41) is 3.89. The molecular formula is C13H14N2O5S3. The molecule has 0 bridgehead atoms. The Hall–Kier alpha value is -1.49. The van der Waals surface area contributed by atoms with Crippen LogP contribution < -0.4 is 4.74 Å². The lowest BCUT2D eigenvalue weighted by Gasteiger charge is -2.16. The van der Waals surface area contributed by atoms with Crippen LogP contribution in [0.5, 0.6) is 5.19 Å². The average Bonchev–Trinajstić information content (AvgIpc) is 3.27. The highest BCUT2D eigenvalue weighted by Crippen LogP contribution is 2.29. The molecule has 124 valence electrons. The third-order valence-corrected chi connectivity index (χ3v) is 6.99. The van der Waals surface area contributed by atoms with Gasteiger partial charge in [0.15, 0.2) is 0 Å². The van der Waals surface area contributed by atoms with Crippen molar-refractivity contribution in [2.75, 3.05) is 20.2 Å². The number of methoxy groups -OCH3 is 1. The lowest BCUT2D eigenvalue weighted by molar-refractivity contribution is 0.0602. The molecule has 1 unspecified atom stereocenters. The molecule has 23 heavy (non-hydrogen) atoms. The van der Waals surface area contributed by atoms with Crippen molar-refractivity contribution in [3.05, 3.63) is 27.9 Å². The van der Waals surface area contributed by atoms with E-state index in [2.05, 4.69) is 9.72 Å². The third-order valence-electron chi connectivity index (χ3n) is 3.40. The lowest BCUT2D eigenvalue weighted by Crippen LogP contribution is -2.31. The normalized spacial score (nSPS) is 18.9. The highest BCUT2D eigenvalue weighted by molar-refractivity contribution is 7.89.